The van der Waals surface area contributed by atoms with E-state index in [-0.39, 0.29) is 17.9 Å². The van der Waals surface area contributed by atoms with E-state index >= 15 is 0 Å². The van der Waals surface area contributed by atoms with Gasteiger partial charge in [-0.3, -0.25) is 9.59 Å². The molecule has 0 aromatic heterocycles. The van der Waals surface area contributed by atoms with Gasteiger partial charge in [0.2, 0.25) is 5.91 Å². The maximum atomic E-state index is 12.6. The molecule has 0 bridgehead atoms. The molecule has 3 N–H and O–H groups in total. The zero-order valence-corrected chi connectivity index (χ0v) is 15.0. The van der Waals surface area contributed by atoms with E-state index < -0.39 is 5.54 Å². The van der Waals surface area contributed by atoms with Crippen LogP contribution in [0.15, 0.2) is 24.3 Å². The van der Waals surface area contributed by atoms with Gasteiger partial charge in [-0.15, -0.1) is 0 Å². The van der Waals surface area contributed by atoms with Crippen molar-refractivity contribution in [3.05, 3.63) is 29.8 Å². The van der Waals surface area contributed by atoms with E-state index in [1.807, 2.05) is 11.8 Å². The second-order valence-corrected chi connectivity index (χ2v) is 7.04. The normalized spacial score (nSPS) is 20.3. The molecule has 5 heteroatoms. The first-order valence-electron chi connectivity index (χ1n) is 8.86. The molecule has 0 spiro atoms. The highest BCUT2D eigenvalue weighted by atomic mass is 16.2. The molecule has 2 amide bonds. The van der Waals surface area contributed by atoms with Crippen LogP contribution in [0.4, 0.5) is 5.69 Å². The number of hydrogen-bond acceptors (Lipinski definition) is 3. The molecule has 1 fully saturated rings. The lowest BCUT2D eigenvalue weighted by Gasteiger charge is -2.33. The Balaban J connectivity index is 2.02. The third-order valence-electron chi connectivity index (χ3n) is 4.74. The van der Waals surface area contributed by atoms with Crippen molar-refractivity contribution in [3.8, 4) is 0 Å². The van der Waals surface area contributed by atoms with Crippen molar-refractivity contribution < 1.29 is 9.59 Å². The standard InChI is InChI=1S/C19H29N3O2/c1-4-12-19(3,20)18(24)21-16-10-8-15(9-11-16)17(23)22-13-6-5-7-14(22)2/h8-11,14H,4-7,12-13,20H2,1-3H3,(H,21,24). The second kappa shape index (κ2) is 7.79. The first kappa shape index (κ1) is 18.5. The first-order valence-corrected chi connectivity index (χ1v) is 8.86. The van der Waals surface area contributed by atoms with Crippen molar-refractivity contribution in [3.63, 3.8) is 0 Å². The topological polar surface area (TPSA) is 75.4 Å². The molecule has 1 heterocycles. The molecule has 2 rings (SSSR count). The van der Waals surface area contributed by atoms with Crippen LogP contribution in [0.1, 0.15) is 63.2 Å². The number of rotatable bonds is 5. The quantitative estimate of drug-likeness (QED) is 0.870. The van der Waals surface area contributed by atoms with Crippen LogP contribution in [0.5, 0.6) is 0 Å². The highest BCUT2D eigenvalue weighted by molar-refractivity contribution is 5.99. The van der Waals surface area contributed by atoms with Gasteiger partial charge in [-0.2, -0.15) is 0 Å². The average molecular weight is 331 g/mol. The molecule has 2 atom stereocenters. The third-order valence-corrected chi connectivity index (χ3v) is 4.74. The smallest absolute Gasteiger partial charge is 0.254 e. The van der Waals surface area contributed by atoms with Gasteiger partial charge in [0, 0.05) is 23.8 Å². The molecule has 5 nitrogen and oxygen atoms in total. The molecule has 1 aliphatic rings. The zero-order valence-electron chi connectivity index (χ0n) is 15.0. The minimum atomic E-state index is -0.882. The summed E-state index contributed by atoms with van der Waals surface area (Å²) in [6.45, 7) is 6.66. The second-order valence-electron chi connectivity index (χ2n) is 7.04. The van der Waals surface area contributed by atoms with Crippen molar-refractivity contribution in [1.82, 2.24) is 4.90 Å². The van der Waals surface area contributed by atoms with Gasteiger partial charge in [-0.05, 0) is 63.8 Å². The van der Waals surface area contributed by atoms with E-state index in [0.717, 1.165) is 25.8 Å². The molecule has 132 valence electrons. The number of anilines is 1. The Morgan fingerprint density at radius 2 is 1.96 bits per heavy atom. The number of nitrogens with one attached hydrogen (secondary N) is 1. The Morgan fingerprint density at radius 1 is 1.29 bits per heavy atom. The van der Waals surface area contributed by atoms with E-state index in [1.165, 1.54) is 6.42 Å². The van der Waals surface area contributed by atoms with Crippen LogP contribution < -0.4 is 11.1 Å². The van der Waals surface area contributed by atoms with E-state index in [1.54, 1.807) is 31.2 Å². The summed E-state index contributed by atoms with van der Waals surface area (Å²) in [7, 11) is 0. The first-order chi connectivity index (χ1) is 11.3. The fourth-order valence-corrected chi connectivity index (χ4v) is 3.17. The monoisotopic (exact) mass is 331 g/mol. The van der Waals surface area contributed by atoms with Crippen LogP contribution in [0.25, 0.3) is 0 Å². The van der Waals surface area contributed by atoms with Crippen LogP contribution in [0.2, 0.25) is 0 Å². The lowest BCUT2D eigenvalue weighted by molar-refractivity contribution is -0.120. The number of carbonyl (C=O) groups excluding carboxylic acids is 2. The van der Waals surface area contributed by atoms with Crippen LogP contribution in [0, 0.1) is 0 Å². The molecule has 0 aliphatic carbocycles. The largest absolute Gasteiger partial charge is 0.336 e. The van der Waals surface area contributed by atoms with Crippen LogP contribution in [0.3, 0.4) is 0 Å². The number of nitrogens with zero attached hydrogens (tertiary/aromatic N) is 1. The highest BCUT2D eigenvalue weighted by Crippen LogP contribution is 2.20. The number of amides is 2. The molecule has 0 radical (unpaired) electrons. The van der Waals surface area contributed by atoms with E-state index in [9.17, 15) is 9.59 Å². The molecule has 2 unspecified atom stereocenters. The van der Waals surface area contributed by atoms with Crippen LogP contribution in [-0.2, 0) is 4.79 Å². The molecule has 24 heavy (non-hydrogen) atoms. The summed E-state index contributed by atoms with van der Waals surface area (Å²) in [6, 6.07) is 7.36. The Labute approximate surface area is 144 Å². The number of nitrogens with two attached hydrogens (primary N) is 1. The van der Waals surface area contributed by atoms with Gasteiger partial charge in [-0.1, -0.05) is 13.3 Å². The fourth-order valence-electron chi connectivity index (χ4n) is 3.17. The van der Waals surface area contributed by atoms with Crippen molar-refractivity contribution >= 4 is 17.5 Å². The Bertz CT molecular complexity index is 581. The predicted molar refractivity (Wildman–Crippen MR) is 96.9 cm³/mol. The average Bonchev–Trinajstić information content (AvgIpc) is 2.55. The van der Waals surface area contributed by atoms with Crippen molar-refractivity contribution in [1.29, 1.82) is 0 Å². The maximum absolute atomic E-state index is 12.6. The van der Waals surface area contributed by atoms with Crippen molar-refractivity contribution in [2.75, 3.05) is 11.9 Å². The number of carbonyl (C=O) groups is 2. The van der Waals surface area contributed by atoms with E-state index in [2.05, 4.69) is 12.2 Å². The van der Waals surface area contributed by atoms with Crippen LogP contribution >= 0.6 is 0 Å². The lowest BCUT2D eigenvalue weighted by Crippen LogP contribution is -2.48. The van der Waals surface area contributed by atoms with Crippen molar-refractivity contribution in [2.45, 2.75) is 64.5 Å². The fraction of sp³-hybridized carbons (Fsp3) is 0.579. The number of piperidine rings is 1. The summed E-state index contributed by atoms with van der Waals surface area (Å²) >= 11 is 0. The van der Waals surface area contributed by atoms with Gasteiger partial charge < -0.3 is 16.0 Å². The van der Waals surface area contributed by atoms with Gasteiger partial charge >= 0.3 is 0 Å². The zero-order chi connectivity index (χ0) is 17.7. The number of hydrogen-bond donors (Lipinski definition) is 2. The van der Waals surface area contributed by atoms with Gasteiger partial charge in [0.1, 0.15) is 0 Å². The molecule has 1 aromatic carbocycles. The van der Waals surface area contributed by atoms with Gasteiger partial charge in [0.05, 0.1) is 5.54 Å². The summed E-state index contributed by atoms with van der Waals surface area (Å²) in [6.07, 6.45) is 4.79. The summed E-state index contributed by atoms with van der Waals surface area (Å²) in [4.78, 5) is 26.8. The molecule has 1 aliphatic heterocycles. The minimum absolute atomic E-state index is 0.0646. The summed E-state index contributed by atoms with van der Waals surface area (Å²) in [5, 5.41) is 2.83. The minimum Gasteiger partial charge on any atom is -0.336 e. The predicted octanol–water partition coefficient (Wildman–Crippen LogP) is 3.16. The summed E-state index contributed by atoms with van der Waals surface area (Å²) < 4.78 is 0. The van der Waals surface area contributed by atoms with E-state index in [0.29, 0.717) is 17.7 Å². The number of benzene rings is 1. The highest BCUT2D eigenvalue weighted by Gasteiger charge is 2.27. The molecular formula is C19H29N3O2. The Hall–Kier alpha value is -1.88. The number of likely N-dealkylation sites (tertiary alicyclic amines) is 1. The Kier molecular flexibility index (Phi) is 5.99. The van der Waals surface area contributed by atoms with Gasteiger partial charge in [0.15, 0.2) is 0 Å². The lowest BCUT2D eigenvalue weighted by atomic mass is 9.96. The third kappa shape index (κ3) is 4.35. The summed E-state index contributed by atoms with van der Waals surface area (Å²) in [5.41, 5.74) is 6.48. The van der Waals surface area contributed by atoms with Crippen molar-refractivity contribution in [2.24, 2.45) is 5.73 Å². The van der Waals surface area contributed by atoms with Gasteiger partial charge in [-0.25, -0.2) is 0 Å². The SMILES string of the molecule is CCCC(C)(N)C(=O)Nc1ccc(C(=O)N2CCCCC2C)cc1. The summed E-state index contributed by atoms with van der Waals surface area (Å²) in [5.74, 6) is -0.136. The van der Waals surface area contributed by atoms with E-state index in [4.69, 9.17) is 5.73 Å². The molecule has 1 aromatic rings. The van der Waals surface area contributed by atoms with Gasteiger partial charge in [0.25, 0.3) is 5.91 Å². The molecule has 1 saturated heterocycles. The molecule has 0 saturated carbocycles. The Morgan fingerprint density at radius 3 is 2.54 bits per heavy atom. The maximum Gasteiger partial charge on any atom is 0.254 e. The van der Waals surface area contributed by atoms with Crippen LogP contribution in [-0.4, -0.2) is 34.8 Å². The molecular weight excluding hydrogens is 302 g/mol.